The van der Waals surface area contributed by atoms with Crippen LogP contribution >= 0.6 is 11.8 Å². The van der Waals surface area contributed by atoms with Crippen LogP contribution in [-0.2, 0) is 24.4 Å². The van der Waals surface area contributed by atoms with Gasteiger partial charge in [0, 0.05) is 25.4 Å². The van der Waals surface area contributed by atoms with Crippen LogP contribution in [0.5, 0.6) is 5.75 Å². The van der Waals surface area contributed by atoms with Gasteiger partial charge in [-0.05, 0) is 49.4 Å². The first kappa shape index (κ1) is 25.4. The summed E-state index contributed by atoms with van der Waals surface area (Å²) in [4.78, 5) is 12.7. The number of hydrogen-bond acceptors (Lipinski definition) is 5. The number of carbonyl (C=O) groups excluding carboxylic acids is 1. The van der Waals surface area contributed by atoms with Gasteiger partial charge in [0.2, 0.25) is 5.91 Å². The van der Waals surface area contributed by atoms with Gasteiger partial charge in [0.05, 0.1) is 29.3 Å². The Bertz CT molecular complexity index is 1350. The van der Waals surface area contributed by atoms with E-state index in [0.29, 0.717) is 35.4 Å². The third-order valence-electron chi connectivity index (χ3n) is 5.32. The predicted octanol–water partition coefficient (Wildman–Crippen LogP) is 5.34. The van der Waals surface area contributed by atoms with Gasteiger partial charge in [-0.3, -0.25) is 9.36 Å². The van der Waals surface area contributed by atoms with Crippen molar-refractivity contribution in [1.82, 2.24) is 19.3 Å². The Hall–Kier alpha value is -3.73. The van der Waals surface area contributed by atoms with Crippen molar-refractivity contribution in [1.29, 1.82) is 0 Å². The highest BCUT2D eigenvalue weighted by atomic mass is 32.2. The van der Waals surface area contributed by atoms with Crippen molar-refractivity contribution in [3.63, 3.8) is 0 Å². The average Bonchev–Trinajstić information content (AvgIpc) is 3.44. The molecule has 0 saturated heterocycles. The van der Waals surface area contributed by atoms with Crippen LogP contribution < -0.4 is 10.1 Å². The number of amides is 1. The van der Waals surface area contributed by atoms with Crippen LogP contribution in [0.25, 0.3) is 5.69 Å². The van der Waals surface area contributed by atoms with Crippen LogP contribution in [0.3, 0.4) is 0 Å². The van der Waals surface area contributed by atoms with E-state index >= 15 is 0 Å². The van der Waals surface area contributed by atoms with Crippen molar-refractivity contribution in [2.45, 2.75) is 24.7 Å². The first-order valence-corrected chi connectivity index (χ1v) is 12.1. The number of aryl methyl sites for hydroxylation is 1. The fourth-order valence-electron chi connectivity index (χ4n) is 3.60. The molecular weight excluding hydrogens is 491 g/mol. The maximum absolute atomic E-state index is 13.4. The molecular formula is C25H24F3N5O2S. The second kappa shape index (κ2) is 10.9. The first-order chi connectivity index (χ1) is 17.3. The monoisotopic (exact) mass is 515 g/mol. The summed E-state index contributed by atoms with van der Waals surface area (Å²) in [6.45, 7) is 2.30. The normalized spacial score (nSPS) is 11.5. The van der Waals surface area contributed by atoms with Crippen molar-refractivity contribution < 1.29 is 22.7 Å². The van der Waals surface area contributed by atoms with Crippen LogP contribution in [0, 0.1) is 0 Å². The number of aromatic nitrogens is 4. The SMILES string of the molecule is CCOc1ccccc1NC(=O)CSc1nnc(Cc2cccn2C)n1-c1cccc(C(F)(F)F)c1. The Morgan fingerprint density at radius 2 is 1.89 bits per heavy atom. The summed E-state index contributed by atoms with van der Waals surface area (Å²) < 4.78 is 49.2. The van der Waals surface area contributed by atoms with Crippen LogP contribution in [-0.4, -0.2) is 37.6 Å². The van der Waals surface area contributed by atoms with Gasteiger partial charge in [-0.2, -0.15) is 13.2 Å². The second-order valence-corrected chi connectivity index (χ2v) is 8.78. The lowest BCUT2D eigenvalue weighted by molar-refractivity contribution is -0.137. The number of rotatable bonds is 9. The lowest BCUT2D eigenvalue weighted by Crippen LogP contribution is -2.15. The highest BCUT2D eigenvalue weighted by Gasteiger charge is 2.31. The van der Waals surface area contributed by atoms with E-state index in [1.54, 1.807) is 34.9 Å². The van der Waals surface area contributed by atoms with Gasteiger partial charge in [-0.15, -0.1) is 10.2 Å². The number of para-hydroxylation sites is 2. The minimum absolute atomic E-state index is 0.0261. The number of nitrogens with zero attached hydrogens (tertiary/aromatic N) is 4. The molecule has 4 aromatic rings. The molecule has 0 spiro atoms. The van der Waals surface area contributed by atoms with Crippen molar-refractivity contribution in [2.75, 3.05) is 17.7 Å². The van der Waals surface area contributed by atoms with Crippen LogP contribution in [0.4, 0.5) is 18.9 Å². The zero-order valence-corrected chi connectivity index (χ0v) is 20.4. The number of alkyl halides is 3. The van der Waals surface area contributed by atoms with Gasteiger partial charge in [0.1, 0.15) is 11.6 Å². The second-order valence-electron chi connectivity index (χ2n) is 7.84. The maximum Gasteiger partial charge on any atom is 0.416 e. The van der Waals surface area contributed by atoms with Crippen molar-refractivity contribution in [3.05, 3.63) is 83.9 Å². The first-order valence-electron chi connectivity index (χ1n) is 11.1. The van der Waals surface area contributed by atoms with Crippen LogP contribution in [0.15, 0.2) is 72.0 Å². The summed E-state index contributed by atoms with van der Waals surface area (Å²) in [6.07, 6.45) is -2.27. The smallest absolute Gasteiger partial charge is 0.416 e. The van der Waals surface area contributed by atoms with Crippen LogP contribution in [0.2, 0.25) is 0 Å². The summed E-state index contributed by atoms with van der Waals surface area (Å²) in [6, 6.07) is 15.8. The van der Waals surface area contributed by atoms with E-state index in [4.69, 9.17) is 4.74 Å². The molecule has 2 heterocycles. The standard InChI is InChI=1S/C25H24F3N5O2S/c1-3-35-21-12-5-4-11-20(21)29-23(34)16-36-24-31-30-22(15-18-10-7-13-32(18)2)33(24)19-9-6-8-17(14-19)25(26,27)28/h4-14H,3,15-16H2,1-2H3,(H,29,34). The molecule has 1 N–H and O–H groups in total. The third kappa shape index (κ3) is 5.91. The summed E-state index contributed by atoms with van der Waals surface area (Å²) in [5, 5.41) is 11.6. The minimum Gasteiger partial charge on any atom is -0.492 e. The van der Waals surface area contributed by atoms with E-state index < -0.39 is 11.7 Å². The van der Waals surface area contributed by atoms with E-state index in [0.717, 1.165) is 29.6 Å². The van der Waals surface area contributed by atoms with Gasteiger partial charge in [0.25, 0.3) is 0 Å². The number of thioether (sulfide) groups is 1. The molecule has 0 unspecified atom stereocenters. The quantitative estimate of drug-likeness (QED) is 0.305. The predicted molar refractivity (Wildman–Crippen MR) is 132 cm³/mol. The molecule has 4 rings (SSSR count). The van der Waals surface area contributed by atoms with E-state index in [2.05, 4.69) is 15.5 Å². The average molecular weight is 516 g/mol. The van der Waals surface area contributed by atoms with Crippen molar-refractivity contribution in [2.24, 2.45) is 7.05 Å². The number of hydrogen-bond donors (Lipinski definition) is 1. The summed E-state index contributed by atoms with van der Waals surface area (Å²) in [5.74, 6) is 0.674. The van der Waals surface area contributed by atoms with Crippen molar-refractivity contribution in [3.8, 4) is 11.4 Å². The molecule has 188 valence electrons. The van der Waals surface area contributed by atoms with E-state index in [-0.39, 0.29) is 17.3 Å². The Kier molecular flexibility index (Phi) is 7.68. The molecule has 36 heavy (non-hydrogen) atoms. The zero-order valence-electron chi connectivity index (χ0n) is 19.6. The number of nitrogens with one attached hydrogen (secondary N) is 1. The summed E-state index contributed by atoms with van der Waals surface area (Å²) in [7, 11) is 1.88. The fourth-order valence-corrected chi connectivity index (χ4v) is 4.37. The number of anilines is 1. The van der Waals surface area contributed by atoms with E-state index in [9.17, 15) is 18.0 Å². The van der Waals surface area contributed by atoms with Gasteiger partial charge in [-0.25, -0.2) is 0 Å². The van der Waals surface area contributed by atoms with Crippen LogP contribution in [0.1, 0.15) is 24.0 Å². The molecule has 0 aliphatic rings. The highest BCUT2D eigenvalue weighted by Crippen LogP contribution is 2.32. The molecule has 11 heteroatoms. The van der Waals surface area contributed by atoms with Gasteiger partial charge in [0.15, 0.2) is 5.16 Å². The Balaban J connectivity index is 1.60. The Labute approximate surface area is 210 Å². The molecule has 7 nitrogen and oxygen atoms in total. The molecule has 0 bridgehead atoms. The zero-order chi connectivity index (χ0) is 25.7. The maximum atomic E-state index is 13.4. The number of carbonyl (C=O) groups is 1. The molecule has 0 aliphatic heterocycles. The molecule has 0 saturated carbocycles. The van der Waals surface area contributed by atoms with Gasteiger partial charge < -0.3 is 14.6 Å². The number of benzene rings is 2. The van der Waals surface area contributed by atoms with E-state index in [1.807, 2.05) is 36.9 Å². The lowest BCUT2D eigenvalue weighted by atomic mass is 10.2. The number of ether oxygens (including phenoxy) is 1. The van der Waals surface area contributed by atoms with E-state index in [1.165, 1.54) is 6.07 Å². The Morgan fingerprint density at radius 3 is 2.61 bits per heavy atom. The molecule has 0 fully saturated rings. The molecule has 2 aromatic heterocycles. The molecule has 0 radical (unpaired) electrons. The summed E-state index contributed by atoms with van der Waals surface area (Å²) >= 11 is 1.09. The lowest BCUT2D eigenvalue weighted by Gasteiger charge is -2.14. The topological polar surface area (TPSA) is 74.0 Å². The molecule has 1 amide bonds. The van der Waals surface area contributed by atoms with Crippen molar-refractivity contribution >= 4 is 23.4 Å². The van der Waals surface area contributed by atoms with Gasteiger partial charge in [-0.1, -0.05) is 30.0 Å². The fraction of sp³-hybridized carbons (Fsp3) is 0.240. The largest absolute Gasteiger partial charge is 0.492 e. The third-order valence-corrected chi connectivity index (χ3v) is 6.24. The van der Waals surface area contributed by atoms with Gasteiger partial charge >= 0.3 is 6.18 Å². The highest BCUT2D eigenvalue weighted by molar-refractivity contribution is 7.99. The molecule has 2 aromatic carbocycles. The molecule has 0 aliphatic carbocycles. The Morgan fingerprint density at radius 1 is 1.08 bits per heavy atom. The minimum atomic E-state index is -4.50. The molecule has 0 atom stereocenters. The summed E-state index contributed by atoms with van der Waals surface area (Å²) in [5.41, 5.74) is 0.939. The number of halogens is 3.